The molecule has 0 aliphatic rings. The molecule has 0 bridgehead atoms. The lowest BCUT2D eigenvalue weighted by Gasteiger charge is -2.09. The number of nitrogens with one attached hydrogen (secondary N) is 2. The number of hydrogen-bond donors (Lipinski definition) is 2. The number of anilines is 1. The number of aromatic nitrogens is 4. The molecule has 0 radical (unpaired) electrons. The largest absolute Gasteiger partial charge is 0.496 e. The van der Waals surface area contributed by atoms with E-state index in [0.29, 0.717) is 12.2 Å². The second-order valence-electron chi connectivity index (χ2n) is 4.41. The molecule has 6 nitrogen and oxygen atoms in total. The lowest BCUT2D eigenvalue weighted by molar-refractivity contribution is 0.410. The number of H-pyrrole nitrogens is 1. The first-order valence-electron chi connectivity index (χ1n) is 6.31. The van der Waals surface area contributed by atoms with Crippen molar-refractivity contribution in [2.45, 2.75) is 13.5 Å². The molecule has 0 spiro atoms. The molecule has 102 valence electrons. The molecule has 1 aromatic carbocycles. The Morgan fingerprint density at radius 2 is 2.10 bits per heavy atom. The van der Waals surface area contributed by atoms with Crippen LogP contribution in [0.2, 0.25) is 0 Å². The summed E-state index contributed by atoms with van der Waals surface area (Å²) in [6.07, 6.45) is 1.51. The predicted molar refractivity (Wildman–Crippen MR) is 76.7 cm³/mol. The minimum absolute atomic E-state index is 0.619. The number of benzene rings is 1. The van der Waals surface area contributed by atoms with Gasteiger partial charge in [0, 0.05) is 12.1 Å². The van der Waals surface area contributed by atoms with E-state index in [0.717, 1.165) is 28.5 Å². The normalized spacial score (nSPS) is 10.7. The summed E-state index contributed by atoms with van der Waals surface area (Å²) in [5, 5.41) is 3.29. The van der Waals surface area contributed by atoms with Crippen LogP contribution in [0.1, 0.15) is 11.4 Å². The molecule has 0 atom stereocenters. The van der Waals surface area contributed by atoms with Crippen LogP contribution in [-0.4, -0.2) is 27.0 Å². The minimum Gasteiger partial charge on any atom is -0.496 e. The van der Waals surface area contributed by atoms with Crippen molar-refractivity contribution in [3.63, 3.8) is 0 Å². The molecule has 20 heavy (non-hydrogen) atoms. The summed E-state index contributed by atoms with van der Waals surface area (Å²) in [5.41, 5.74) is 2.55. The maximum absolute atomic E-state index is 5.33. The molecule has 6 heteroatoms. The Balaban J connectivity index is 1.87. The zero-order chi connectivity index (χ0) is 13.9. The summed E-state index contributed by atoms with van der Waals surface area (Å²) in [6.45, 7) is 2.51. The number of rotatable bonds is 4. The molecule has 3 aromatic rings. The smallest absolute Gasteiger partial charge is 0.183 e. The van der Waals surface area contributed by atoms with E-state index in [1.807, 2.05) is 31.2 Å². The highest BCUT2D eigenvalue weighted by atomic mass is 16.5. The summed E-state index contributed by atoms with van der Waals surface area (Å²) < 4.78 is 5.33. The van der Waals surface area contributed by atoms with Crippen LogP contribution in [0.4, 0.5) is 5.82 Å². The Morgan fingerprint density at radius 3 is 2.95 bits per heavy atom. The van der Waals surface area contributed by atoms with Crippen LogP contribution in [0.15, 0.2) is 30.6 Å². The van der Waals surface area contributed by atoms with Crippen molar-refractivity contribution < 1.29 is 4.74 Å². The molecule has 0 aliphatic heterocycles. The van der Waals surface area contributed by atoms with Gasteiger partial charge in [0.25, 0.3) is 0 Å². The van der Waals surface area contributed by atoms with Gasteiger partial charge in [-0.2, -0.15) is 0 Å². The van der Waals surface area contributed by atoms with Gasteiger partial charge < -0.3 is 15.0 Å². The van der Waals surface area contributed by atoms with Gasteiger partial charge in [-0.3, -0.25) is 0 Å². The zero-order valence-electron chi connectivity index (χ0n) is 11.3. The Labute approximate surface area is 116 Å². The molecular weight excluding hydrogens is 254 g/mol. The van der Waals surface area contributed by atoms with Gasteiger partial charge >= 0.3 is 0 Å². The van der Waals surface area contributed by atoms with Gasteiger partial charge in [0.1, 0.15) is 23.4 Å². The number of methoxy groups -OCH3 is 1. The molecule has 0 fully saturated rings. The quantitative estimate of drug-likeness (QED) is 0.760. The Kier molecular flexibility index (Phi) is 3.20. The van der Waals surface area contributed by atoms with Crippen molar-refractivity contribution in [1.29, 1.82) is 0 Å². The third-order valence-corrected chi connectivity index (χ3v) is 3.05. The minimum atomic E-state index is 0.619. The highest BCUT2D eigenvalue weighted by Gasteiger charge is 2.08. The summed E-state index contributed by atoms with van der Waals surface area (Å²) in [4.78, 5) is 15.8. The van der Waals surface area contributed by atoms with Crippen LogP contribution in [-0.2, 0) is 6.54 Å². The first-order valence-corrected chi connectivity index (χ1v) is 6.31. The van der Waals surface area contributed by atoms with Crippen molar-refractivity contribution in [1.82, 2.24) is 19.9 Å². The zero-order valence-corrected chi connectivity index (χ0v) is 11.3. The standard InChI is InChI=1S/C14H15N5O/c1-9-18-12-13(16-8-17-14(12)19-9)15-7-10-5-3-4-6-11(10)20-2/h3-6,8H,7H2,1-2H3,(H2,15,16,17,18,19). The van der Waals surface area contributed by atoms with Gasteiger partial charge in [0.2, 0.25) is 0 Å². The molecule has 2 N–H and O–H groups in total. The lowest BCUT2D eigenvalue weighted by atomic mass is 10.2. The fourth-order valence-corrected chi connectivity index (χ4v) is 2.11. The first-order chi connectivity index (χ1) is 9.78. The number of hydrogen-bond acceptors (Lipinski definition) is 5. The summed E-state index contributed by atoms with van der Waals surface area (Å²) in [7, 11) is 1.67. The van der Waals surface area contributed by atoms with Gasteiger partial charge in [-0.25, -0.2) is 15.0 Å². The van der Waals surface area contributed by atoms with Crippen molar-refractivity contribution in [3.8, 4) is 5.75 Å². The molecule has 0 unspecified atom stereocenters. The van der Waals surface area contributed by atoms with Gasteiger partial charge in [0.15, 0.2) is 11.5 Å². The SMILES string of the molecule is COc1ccccc1CNc1ncnc2nc(C)[nH]c12. The molecule has 0 amide bonds. The predicted octanol–water partition coefficient (Wildman–Crippen LogP) is 2.28. The van der Waals surface area contributed by atoms with Crippen LogP contribution in [0.25, 0.3) is 11.2 Å². The van der Waals surface area contributed by atoms with Crippen molar-refractivity contribution >= 4 is 17.0 Å². The maximum atomic E-state index is 5.33. The fourth-order valence-electron chi connectivity index (χ4n) is 2.11. The Hall–Kier alpha value is -2.63. The number of aromatic amines is 1. The maximum Gasteiger partial charge on any atom is 0.183 e. The molecule has 0 saturated carbocycles. The third kappa shape index (κ3) is 2.27. The van der Waals surface area contributed by atoms with Crippen LogP contribution in [0.5, 0.6) is 5.75 Å². The Morgan fingerprint density at radius 1 is 1.25 bits per heavy atom. The molecular formula is C14H15N5O. The summed E-state index contributed by atoms with van der Waals surface area (Å²) in [6, 6.07) is 7.88. The van der Waals surface area contributed by atoms with Gasteiger partial charge in [-0.1, -0.05) is 18.2 Å². The van der Waals surface area contributed by atoms with Gasteiger partial charge in [0.05, 0.1) is 7.11 Å². The number of nitrogens with zero attached hydrogens (tertiary/aromatic N) is 3. The van der Waals surface area contributed by atoms with E-state index in [-0.39, 0.29) is 0 Å². The van der Waals surface area contributed by atoms with Crippen molar-refractivity contribution in [2.75, 3.05) is 12.4 Å². The molecule has 0 saturated heterocycles. The van der Waals surface area contributed by atoms with Crippen molar-refractivity contribution in [2.24, 2.45) is 0 Å². The average Bonchev–Trinajstić information content (AvgIpc) is 2.86. The lowest BCUT2D eigenvalue weighted by Crippen LogP contribution is -2.04. The highest BCUT2D eigenvalue weighted by Crippen LogP contribution is 2.21. The van der Waals surface area contributed by atoms with E-state index < -0.39 is 0 Å². The van der Waals surface area contributed by atoms with E-state index in [1.54, 1.807) is 7.11 Å². The number of ether oxygens (including phenoxy) is 1. The van der Waals surface area contributed by atoms with Crippen LogP contribution >= 0.6 is 0 Å². The summed E-state index contributed by atoms with van der Waals surface area (Å²) in [5.74, 6) is 2.41. The summed E-state index contributed by atoms with van der Waals surface area (Å²) >= 11 is 0. The van der Waals surface area contributed by atoms with E-state index in [1.165, 1.54) is 6.33 Å². The average molecular weight is 269 g/mol. The van der Waals surface area contributed by atoms with Gasteiger partial charge in [-0.05, 0) is 13.0 Å². The molecule has 2 heterocycles. The number of imidazole rings is 1. The van der Waals surface area contributed by atoms with Crippen molar-refractivity contribution in [3.05, 3.63) is 42.0 Å². The van der Waals surface area contributed by atoms with Crippen LogP contribution in [0, 0.1) is 6.92 Å². The number of fused-ring (bicyclic) bond motifs is 1. The van der Waals surface area contributed by atoms with E-state index in [2.05, 4.69) is 25.3 Å². The Bertz CT molecular complexity index is 737. The third-order valence-electron chi connectivity index (χ3n) is 3.05. The monoisotopic (exact) mass is 269 g/mol. The molecule has 2 aromatic heterocycles. The highest BCUT2D eigenvalue weighted by molar-refractivity contribution is 5.82. The van der Waals surface area contributed by atoms with Crippen LogP contribution < -0.4 is 10.1 Å². The topological polar surface area (TPSA) is 75.7 Å². The molecule has 3 rings (SSSR count). The second kappa shape index (κ2) is 5.16. The number of aryl methyl sites for hydroxylation is 1. The molecule has 0 aliphatic carbocycles. The second-order valence-corrected chi connectivity index (χ2v) is 4.41. The van der Waals surface area contributed by atoms with E-state index in [9.17, 15) is 0 Å². The number of para-hydroxylation sites is 1. The van der Waals surface area contributed by atoms with E-state index in [4.69, 9.17) is 4.74 Å². The van der Waals surface area contributed by atoms with Crippen LogP contribution in [0.3, 0.4) is 0 Å². The first kappa shape index (κ1) is 12.4. The van der Waals surface area contributed by atoms with Gasteiger partial charge in [-0.15, -0.1) is 0 Å². The fraction of sp³-hybridized carbons (Fsp3) is 0.214. The van der Waals surface area contributed by atoms with E-state index >= 15 is 0 Å².